The molecule has 0 spiro atoms. The molecule has 3 rings (SSSR count). The van der Waals surface area contributed by atoms with Gasteiger partial charge in [0.2, 0.25) is 0 Å². The number of aliphatic hydroxyl groups excluding tert-OH is 1. The number of aliphatic carboxylic acids is 1. The molecule has 0 bridgehead atoms. The maximum Gasteiger partial charge on any atom is 0.314 e. The van der Waals surface area contributed by atoms with Crippen LogP contribution >= 0.6 is 23.2 Å². The summed E-state index contributed by atoms with van der Waals surface area (Å²) < 4.78 is 26.0. The van der Waals surface area contributed by atoms with Gasteiger partial charge < -0.3 is 10.2 Å². The summed E-state index contributed by atoms with van der Waals surface area (Å²) in [5, 5.41) is 18.9. The summed E-state index contributed by atoms with van der Waals surface area (Å²) in [5.41, 5.74) is -1.28. The monoisotopic (exact) mass is 400 g/mol. The first-order chi connectivity index (χ1) is 11.7. The lowest BCUT2D eigenvalue weighted by atomic mass is 10.0. The van der Waals surface area contributed by atoms with Crippen LogP contribution in [-0.4, -0.2) is 36.5 Å². The van der Waals surface area contributed by atoms with E-state index in [9.17, 15) is 23.4 Å². The van der Waals surface area contributed by atoms with Crippen LogP contribution < -0.4 is 0 Å². The highest BCUT2D eigenvalue weighted by atomic mass is 35.5. The van der Waals surface area contributed by atoms with Gasteiger partial charge in [0.1, 0.15) is 5.41 Å². The minimum absolute atomic E-state index is 0.0301. The van der Waals surface area contributed by atoms with Crippen molar-refractivity contribution in [3.8, 4) is 0 Å². The molecule has 0 saturated heterocycles. The molecule has 1 fully saturated rings. The third-order valence-corrected chi connectivity index (χ3v) is 7.42. The fourth-order valence-corrected chi connectivity index (χ4v) is 5.90. The fourth-order valence-electron chi connectivity index (χ4n) is 3.28. The van der Waals surface area contributed by atoms with Crippen LogP contribution in [0.25, 0.3) is 0 Å². The molecule has 2 aromatic rings. The molecule has 0 heterocycles. The molecule has 1 saturated carbocycles. The highest BCUT2D eigenvalue weighted by Crippen LogP contribution is 2.64. The Morgan fingerprint density at radius 2 is 1.48 bits per heavy atom. The van der Waals surface area contributed by atoms with Crippen LogP contribution in [0.3, 0.4) is 0 Å². The third kappa shape index (κ3) is 2.83. The highest BCUT2D eigenvalue weighted by Gasteiger charge is 2.75. The Hall–Kier alpha value is -1.60. The van der Waals surface area contributed by atoms with Crippen molar-refractivity contribution < 1.29 is 23.4 Å². The van der Waals surface area contributed by atoms with Gasteiger partial charge in [-0.15, -0.1) is 0 Å². The molecular weight excluding hydrogens is 387 g/mol. The van der Waals surface area contributed by atoms with Crippen LogP contribution in [-0.2, 0) is 14.6 Å². The lowest BCUT2D eigenvalue weighted by Crippen LogP contribution is -2.27. The zero-order valence-electron chi connectivity index (χ0n) is 12.8. The minimum Gasteiger partial charge on any atom is -0.481 e. The van der Waals surface area contributed by atoms with Gasteiger partial charge in [0, 0.05) is 16.0 Å². The van der Waals surface area contributed by atoms with Crippen molar-refractivity contribution in [3.63, 3.8) is 0 Å². The normalized spacial score (nSPS) is 25.6. The number of sulfone groups is 1. The molecule has 0 aliphatic heterocycles. The van der Waals surface area contributed by atoms with Crippen LogP contribution in [0.4, 0.5) is 0 Å². The second-order valence-corrected chi connectivity index (χ2v) is 8.89. The van der Waals surface area contributed by atoms with E-state index in [4.69, 9.17) is 23.2 Å². The van der Waals surface area contributed by atoms with E-state index in [-0.39, 0.29) is 4.90 Å². The number of carbonyl (C=O) groups is 1. The molecular formula is C17H14Cl2O5S. The van der Waals surface area contributed by atoms with E-state index < -0.39 is 39.0 Å². The Bertz CT molecular complexity index is 909. The molecule has 3 atom stereocenters. The molecule has 25 heavy (non-hydrogen) atoms. The molecule has 132 valence electrons. The maximum atomic E-state index is 13.0. The van der Waals surface area contributed by atoms with E-state index in [0.29, 0.717) is 15.6 Å². The molecule has 2 N–H and O–H groups in total. The second kappa shape index (κ2) is 6.29. The smallest absolute Gasteiger partial charge is 0.314 e. The average molecular weight is 401 g/mol. The van der Waals surface area contributed by atoms with Crippen molar-refractivity contribution >= 4 is 39.0 Å². The van der Waals surface area contributed by atoms with Crippen LogP contribution in [0.2, 0.25) is 10.0 Å². The second-order valence-electron chi connectivity index (χ2n) is 5.95. The van der Waals surface area contributed by atoms with Gasteiger partial charge in [-0.05, 0) is 42.0 Å². The van der Waals surface area contributed by atoms with Crippen LogP contribution in [0.15, 0.2) is 53.4 Å². The fraction of sp³-hybridized carbons (Fsp3) is 0.235. The third-order valence-electron chi connectivity index (χ3n) is 4.62. The molecule has 5 nitrogen and oxygen atoms in total. The van der Waals surface area contributed by atoms with Crippen molar-refractivity contribution in [1.82, 2.24) is 0 Å². The van der Waals surface area contributed by atoms with Gasteiger partial charge in [-0.3, -0.25) is 4.79 Å². The molecule has 1 aliphatic carbocycles. The van der Waals surface area contributed by atoms with Crippen LogP contribution in [0.1, 0.15) is 11.5 Å². The van der Waals surface area contributed by atoms with Crippen LogP contribution in [0, 0.1) is 5.41 Å². The average Bonchev–Trinajstić information content (AvgIpc) is 3.27. The standard InChI is InChI=1S/C17H14Cl2O5S/c18-11-3-1-10(2-4-11)14-15(17(14,9-20)16(21)22)25(23,24)13-7-5-12(19)6-8-13/h1-8,14-15,20H,9H2,(H,21,22)/t14-,15-,17-/m0/s1. The van der Waals surface area contributed by atoms with Crippen molar-refractivity contribution in [2.75, 3.05) is 6.61 Å². The van der Waals surface area contributed by atoms with E-state index in [1.807, 2.05) is 0 Å². The maximum absolute atomic E-state index is 13.0. The minimum atomic E-state index is -3.99. The van der Waals surface area contributed by atoms with Crippen molar-refractivity contribution in [3.05, 3.63) is 64.1 Å². The van der Waals surface area contributed by atoms with Gasteiger partial charge in [0.05, 0.1) is 16.8 Å². The van der Waals surface area contributed by atoms with Gasteiger partial charge >= 0.3 is 5.97 Å². The van der Waals surface area contributed by atoms with E-state index in [1.54, 1.807) is 24.3 Å². The summed E-state index contributed by atoms with van der Waals surface area (Å²) in [4.78, 5) is 11.8. The van der Waals surface area contributed by atoms with E-state index >= 15 is 0 Å². The van der Waals surface area contributed by atoms with Gasteiger partial charge in [0.15, 0.2) is 9.84 Å². The predicted molar refractivity (Wildman–Crippen MR) is 93.8 cm³/mol. The molecule has 0 aromatic heterocycles. The molecule has 0 unspecified atom stereocenters. The van der Waals surface area contributed by atoms with E-state index in [0.717, 1.165) is 0 Å². The van der Waals surface area contributed by atoms with Crippen molar-refractivity contribution in [2.24, 2.45) is 5.41 Å². The molecule has 8 heteroatoms. The Kier molecular flexibility index (Phi) is 4.58. The Labute approximate surface area is 154 Å². The Balaban J connectivity index is 2.10. The van der Waals surface area contributed by atoms with E-state index in [2.05, 4.69) is 0 Å². The Morgan fingerprint density at radius 3 is 1.92 bits per heavy atom. The Morgan fingerprint density at radius 1 is 1.00 bits per heavy atom. The number of carboxylic acid groups (broad SMARTS) is 1. The lowest BCUT2D eigenvalue weighted by molar-refractivity contribution is -0.145. The summed E-state index contributed by atoms with van der Waals surface area (Å²) in [6, 6.07) is 11.8. The number of halogens is 2. The number of rotatable bonds is 5. The number of carboxylic acids is 1. The number of hydrogen-bond donors (Lipinski definition) is 2. The summed E-state index contributed by atoms with van der Waals surface area (Å²) in [7, 11) is -3.99. The first-order valence-electron chi connectivity index (χ1n) is 7.34. The molecule has 1 aliphatic rings. The zero-order chi connectivity index (χ0) is 18.4. The SMILES string of the molecule is O=C(O)[C@@]1(CO)[C@@H](c2ccc(Cl)cc2)[C@@H]1S(=O)(=O)c1ccc(Cl)cc1. The topological polar surface area (TPSA) is 91.7 Å². The van der Waals surface area contributed by atoms with Crippen LogP contribution in [0.5, 0.6) is 0 Å². The highest BCUT2D eigenvalue weighted by molar-refractivity contribution is 7.92. The number of aliphatic hydroxyl groups is 1. The van der Waals surface area contributed by atoms with Gasteiger partial charge in [-0.1, -0.05) is 35.3 Å². The molecule has 2 aromatic carbocycles. The van der Waals surface area contributed by atoms with E-state index in [1.165, 1.54) is 24.3 Å². The summed E-state index contributed by atoms with van der Waals surface area (Å²) in [6.07, 6.45) is 0. The molecule has 0 amide bonds. The predicted octanol–water partition coefficient (Wildman–Crippen LogP) is 3.00. The first-order valence-corrected chi connectivity index (χ1v) is 9.64. The zero-order valence-corrected chi connectivity index (χ0v) is 15.1. The van der Waals surface area contributed by atoms with Gasteiger partial charge in [0.25, 0.3) is 0 Å². The summed E-state index contributed by atoms with van der Waals surface area (Å²) >= 11 is 11.6. The van der Waals surface area contributed by atoms with Gasteiger partial charge in [-0.2, -0.15) is 0 Å². The number of hydrogen-bond acceptors (Lipinski definition) is 4. The molecule has 0 radical (unpaired) electrons. The van der Waals surface area contributed by atoms with Crippen molar-refractivity contribution in [1.29, 1.82) is 0 Å². The van der Waals surface area contributed by atoms with Gasteiger partial charge in [-0.25, -0.2) is 8.42 Å². The summed E-state index contributed by atoms with van der Waals surface area (Å²) in [5.74, 6) is -2.22. The van der Waals surface area contributed by atoms with Crippen molar-refractivity contribution in [2.45, 2.75) is 16.1 Å². The largest absolute Gasteiger partial charge is 0.481 e. The lowest BCUT2D eigenvalue weighted by Gasteiger charge is -2.09. The quantitative estimate of drug-likeness (QED) is 0.804. The summed E-state index contributed by atoms with van der Waals surface area (Å²) in [6.45, 7) is -0.785. The number of benzene rings is 2. The first kappa shape index (κ1) is 18.2.